The summed E-state index contributed by atoms with van der Waals surface area (Å²) >= 11 is 0. The van der Waals surface area contributed by atoms with E-state index in [-0.39, 0.29) is 17.3 Å². The lowest BCUT2D eigenvalue weighted by atomic mass is 9.59. The second kappa shape index (κ2) is 4.52. The van der Waals surface area contributed by atoms with Gasteiger partial charge in [-0.3, -0.25) is 4.79 Å². The van der Waals surface area contributed by atoms with E-state index in [0.717, 1.165) is 31.1 Å². The first-order chi connectivity index (χ1) is 8.67. The average molecular weight is 251 g/mol. The molecular weight excluding hydrogens is 226 g/mol. The van der Waals surface area contributed by atoms with Crippen molar-refractivity contribution in [2.24, 2.45) is 28.9 Å². The summed E-state index contributed by atoms with van der Waals surface area (Å²) in [5.41, 5.74) is 6.79. The molecule has 3 nitrogen and oxygen atoms in total. The van der Waals surface area contributed by atoms with Crippen molar-refractivity contribution in [3.63, 3.8) is 0 Å². The highest BCUT2D eigenvalue weighted by atomic mass is 16.5. The molecule has 3 heteroatoms. The SMILES string of the molecule is CCOC(=O)C1CCC[C@]2(C1)[C@H]1CC[C@H](C1)[C@H]2N. The number of fused-ring (bicyclic) bond motifs is 3. The van der Waals surface area contributed by atoms with E-state index >= 15 is 0 Å². The van der Waals surface area contributed by atoms with Crippen molar-refractivity contribution in [3.05, 3.63) is 0 Å². The molecule has 3 aliphatic rings. The van der Waals surface area contributed by atoms with Gasteiger partial charge in [-0.05, 0) is 62.7 Å². The van der Waals surface area contributed by atoms with Gasteiger partial charge < -0.3 is 10.5 Å². The summed E-state index contributed by atoms with van der Waals surface area (Å²) in [5, 5.41) is 0. The Labute approximate surface area is 109 Å². The van der Waals surface area contributed by atoms with E-state index in [4.69, 9.17) is 10.5 Å². The highest BCUT2D eigenvalue weighted by Crippen LogP contribution is 2.61. The Morgan fingerprint density at radius 2 is 2.22 bits per heavy atom. The molecule has 0 saturated heterocycles. The van der Waals surface area contributed by atoms with Crippen LogP contribution in [0, 0.1) is 23.2 Å². The molecule has 102 valence electrons. The van der Waals surface area contributed by atoms with Crippen molar-refractivity contribution in [2.45, 2.75) is 57.9 Å². The first-order valence-electron chi connectivity index (χ1n) is 7.59. The van der Waals surface area contributed by atoms with Gasteiger partial charge in [-0.1, -0.05) is 6.42 Å². The zero-order valence-electron chi connectivity index (χ0n) is 11.4. The third-order valence-electron chi connectivity index (χ3n) is 5.90. The van der Waals surface area contributed by atoms with Crippen LogP contribution in [0.25, 0.3) is 0 Å². The lowest BCUT2D eigenvalue weighted by molar-refractivity contribution is -0.151. The smallest absolute Gasteiger partial charge is 0.308 e. The van der Waals surface area contributed by atoms with Crippen LogP contribution in [0.15, 0.2) is 0 Å². The molecule has 0 heterocycles. The third kappa shape index (κ3) is 1.70. The molecule has 0 aromatic carbocycles. The molecule has 0 aromatic rings. The van der Waals surface area contributed by atoms with E-state index < -0.39 is 0 Å². The molecule has 0 aromatic heterocycles. The van der Waals surface area contributed by atoms with Gasteiger partial charge in [0.1, 0.15) is 0 Å². The minimum atomic E-state index is 0.0200. The molecule has 3 aliphatic carbocycles. The highest BCUT2D eigenvalue weighted by molar-refractivity contribution is 5.72. The van der Waals surface area contributed by atoms with E-state index in [1.54, 1.807) is 0 Å². The van der Waals surface area contributed by atoms with Crippen LogP contribution in [0.1, 0.15) is 51.9 Å². The van der Waals surface area contributed by atoms with Crippen molar-refractivity contribution in [1.29, 1.82) is 0 Å². The Bertz CT molecular complexity index is 339. The summed E-state index contributed by atoms with van der Waals surface area (Å²) in [5.74, 6) is 1.65. The predicted molar refractivity (Wildman–Crippen MR) is 69.8 cm³/mol. The van der Waals surface area contributed by atoms with Crippen LogP contribution in [0.5, 0.6) is 0 Å². The quantitative estimate of drug-likeness (QED) is 0.767. The van der Waals surface area contributed by atoms with Gasteiger partial charge in [0.15, 0.2) is 0 Å². The molecule has 18 heavy (non-hydrogen) atoms. The topological polar surface area (TPSA) is 52.3 Å². The second-order valence-electron chi connectivity index (χ2n) is 6.57. The third-order valence-corrected chi connectivity index (χ3v) is 5.90. The number of nitrogens with two attached hydrogens (primary N) is 1. The maximum Gasteiger partial charge on any atom is 0.308 e. The molecular formula is C15H25NO2. The molecule has 3 rings (SSSR count). The summed E-state index contributed by atoms with van der Waals surface area (Å²) in [6.45, 7) is 2.39. The summed E-state index contributed by atoms with van der Waals surface area (Å²) in [6.07, 6.45) is 8.37. The largest absolute Gasteiger partial charge is 0.466 e. The van der Waals surface area contributed by atoms with Gasteiger partial charge in [0.2, 0.25) is 0 Å². The Kier molecular flexibility index (Phi) is 3.13. The van der Waals surface area contributed by atoms with E-state index in [1.807, 2.05) is 6.92 Å². The highest BCUT2D eigenvalue weighted by Gasteiger charge is 2.58. The zero-order chi connectivity index (χ0) is 12.8. The van der Waals surface area contributed by atoms with Crippen LogP contribution in [0.4, 0.5) is 0 Å². The van der Waals surface area contributed by atoms with Crippen LogP contribution >= 0.6 is 0 Å². The van der Waals surface area contributed by atoms with Gasteiger partial charge in [0.05, 0.1) is 12.5 Å². The van der Waals surface area contributed by atoms with Crippen LogP contribution < -0.4 is 5.73 Å². The van der Waals surface area contributed by atoms with Crippen molar-refractivity contribution >= 4 is 5.97 Å². The lowest BCUT2D eigenvalue weighted by Crippen LogP contribution is -2.49. The first-order valence-corrected chi connectivity index (χ1v) is 7.59. The molecule has 0 amide bonds. The number of carbonyl (C=O) groups is 1. The van der Waals surface area contributed by atoms with Gasteiger partial charge in [-0.2, -0.15) is 0 Å². The Hall–Kier alpha value is -0.570. The molecule has 3 fully saturated rings. The number of esters is 1. The molecule has 2 bridgehead atoms. The van der Waals surface area contributed by atoms with Gasteiger partial charge in [-0.15, -0.1) is 0 Å². The fourth-order valence-corrected chi connectivity index (χ4v) is 5.08. The van der Waals surface area contributed by atoms with Crippen molar-refractivity contribution in [1.82, 2.24) is 0 Å². The standard InChI is InChI=1S/C15H25NO2/c1-2-18-14(17)11-4-3-7-15(9-11)12-6-5-10(8-12)13(15)16/h10-13H,2-9,16H2,1H3/t10-,11?,12+,13-,15+/m1/s1. The Balaban J connectivity index is 1.75. The second-order valence-corrected chi connectivity index (χ2v) is 6.57. The Morgan fingerprint density at radius 1 is 1.39 bits per heavy atom. The van der Waals surface area contributed by atoms with E-state index in [0.29, 0.717) is 12.6 Å². The number of ether oxygens (including phenoxy) is 1. The van der Waals surface area contributed by atoms with Crippen molar-refractivity contribution in [2.75, 3.05) is 6.61 Å². The van der Waals surface area contributed by atoms with Crippen molar-refractivity contribution in [3.8, 4) is 0 Å². The summed E-state index contributed by atoms with van der Waals surface area (Å²) in [4.78, 5) is 12.0. The van der Waals surface area contributed by atoms with Gasteiger partial charge in [0.25, 0.3) is 0 Å². The number of rotatable bonds is 2. The molecule has 0 radical (unpaired) electrons. The maximum atomic E-state index is 12.0. The van der Waals surface area contributed by atoms with Crippen LogP contribution in [0.2, 0.25) is 0 Å². The van der Waals surface area contributed by atoms with Gasteiger partial charge >= 0.3 is 5.97 Å². The molecule has 0 aliphatic heterocycles. The Morgan fingerprint density at radius 3 is 2.89 bits per heavy atom. The summed E-state index contributed by atoms with van der Waals surface area (Å²) < 4.78 is 5.22. The summed E-state index contributed by atoms with van der Waals surface area (Å²) in [7, 11) is 0. The fourth-order valence-electron chi connectivity index (χ4n) is 5.08. The van der Waals surface area contributed by atoms with Gasteiger partial charge in [0, 0.05) is 6.04 Å². The molecule has 2 N–H and O–H groups in total. The monoisotopic (exact) mass is 251 g/mol. The predicted octanol–water partition coefficient (Wildman–Crippen LogP) is 2.48. The maximum absolute atomic E-state index is 12.0. The van der Waals surface area contributed by atoms with Crippen LogP contribution in [-0.2, 0) is 9.53 Å². The van der Waals surface area contributed by atoms with Crippen LogP contribution in [-0.4, -0.2) is 18.6 Å². The molecule has 1 unspecified atom stereocenters. The van der Waals surface area contributed by atoms with Crippen molar-refractivity contribution < 1.29 is 9.53 Å². The van der Waals surface area contributed by atoms with E-state index in [9.17, 15) is 4.79 Å². The lowest BCUT2D eigenvalue weighted by Gasteiger charge is -2.47. The number of hydrogen-bond donors (Lipinski definition) is 1. The fraction of sp³-hybridized carbons (Fsp3) is 0.933. The van der Waals surface area contributed by atoms with Gasteiger partial charge in [-0.25, -0.2) is 0 Å². The number of carbonyl (C=O) groups excluding carboxylic acids is 1. The molecule has 5 atom stereocenters. The van der Waals surface area contributed by atoms with Crippen LogP contribution in [0.3, 0.4) is 0 Å². The van der Waals surface area contributed by atoms with E-state index in [2.05, 4.69) is 0 Å². The number of hydrogen-bond acceptors (Lipinski definition) is 3. The molecule has 1 spiro atoms. The zero-order valence-corrected chi connectivity index (χ0v) is 11.4. The van der Waals surface area contributed by atoms with E-state index in [1.165, 1.54) is 25.7 Å². The minimum Gasteiger partial charge on any atom is -0.466 e. The normalized spacial score (nSPS) is 46.6. The molecule has 3 saturated carbocycles. The summed E-state index contributed by atoms with van der Waals surface area (Å²) in [6, 6.07) is 0.341. The minimum absolute atomic E-state index is 0.0200. The average Bonchev–Trinajstić information content (AvgIpc) is 2.94. The first kappa shape index (κ1) is 12.5.